The number of carbonyl (C=O) groups excluding carboxylic acids is 1. The maximum absolute atomic E-state index is 12.4. The molecule has 6 heteroatoms. The van der Waals surface area contributed by atoms with Crippen LogP contribution in [0.4, 0.5) is 11.6 Å². The number of nitrogens with zero attached hydrogens (tertiary/aromatic N) is 2. The van der Waals surface area contributed by atoms with Gasteiger partial charge in [-0.2, -0.15) is 0 Å². The number of ether oxygens (including phenoxy) is 1. The Kier molecular flexibility index (Phi) is 5.89. The first-order valence-electron chi connectivity index (χ1n) is 9.07. The Balaban J connectivity index is 1.55. The van der Waals surface area contributed by atoms with Crippen molar-refractivity contribution in [2.75, 3.05) is 10.6 Å². The molecular formula is C22H24N4O2. The van der Waals surface area contributed by atoms with Crippen LogP contribution in [0.3, 0.4) is 0 Å². The molecule has 0 bridgehead atoms. The molecule has 0 saturated heterocycles. The lowest BCUT2D eigenvalue weighted by atomic mass is 10.1. The summed E-state index contributed by atoms with van der Waals surface area (Å²) in [5.74, 6) is 0.965. The van der Waals surface area contributed by atoms with Crippen molar-refractivity contribution in [3.8, 4) is 5.75 Å². The number of nitrogens with one attached hydrogen (secondary N) is 2. The molecule has 144 valence electrons. The van der Waals surface area contributed by atoms with E-state index in [0.717, 1.165) is 11.3 Å². The number of carbonyl (C=O) groups is 1. The minimum Gasteiger partial charge on any atom is -0.489 e. The van der Waals surface area contributed by atoms with Gasteiger partial charge in [0.15, 0.2) is 0 Å². The van der Waals surface area contributed by atoms with Gasteiger partial charge in [0.2, 0.25) is 5.95 Å². The Bertz CT molecular complexity index is 902. The van der Waals surface area contributed by atoms with Gasteiger partial charge in [0.05, 0.1) is 5.56 Å². The SMILES string of the molecule is CC(C)(C)Nc1ncc(C(=O)Nc2ccc(OCc3ccccc3)cc2)cn1. The zero-order valence-corrected chi connectivity index (χ0v) is 16.3. The average molecular weight is 376 g/mol. The van der Waals surface area contributed by atoms with Gasteiger partial charge in [-0.3, -0.25) is 4.79 Å². The monoisotopic (exact) mass is 376 g/mol. The highest BCUT2D eigenvalue weighted by molar-refractivity contribution is 6.03. The van der Waals surface area contributed by atoms with Gasteiger partial charge in [-0.1, -0.05) is 30.3 Å². The summed E-state index contributed by atoms with van der Waals surface area (Å²) in [6, 6.07) is 17.2. The fraction of sp³-hybridized carbons (Fsp3) is 0.227. The van der Waals surface area contributed by atoms with Gasteiger partial charge < -0.3 is 15.4 Å². The first-order valence-corrected chi connectivity index (χ1v) is 9.07. The molecule has 1 amide bonds. The zero-order chi connectivity index (χ0) is 20.0. The van der Waals surface area contributed by atoms with Crippen LogP contribution in [0.1, 0.15) is 36.7 Å². The van der Waals surface area contributed by atoms with E-state index < -0.39 is 0 Å². The number of amides is 1. The molecule has 0 fully saturated rings. The number of hydrogen-bond acceptors (Lipinski definition) is 5. The number of anilines is 2. The summed E-state index contributed by atoms with van der Waals surface area (Å²) < 4.78 is 5.75. The summed E-state index contributed by atoms with van der Waals surface area (Å²) >= 11 is 0. The number of benzene rings is 2. The van der Waals surface area contributed by atoms with Crippen LogP contribution in [0.5, 0.6) is 5.75 Å². The minimum absolute atomic E-state index is 0.145. The predicted octanol–water partition coefficient (Wildman–Crippen LogP) is 4.52. The Morgan fingerprint density at radius 3 is 2.21 bits per heavy atom. The quantitative estimate of drug-likeness (QED) is 0.661. The second-order valence-electron chi connectivity index (χ2n) is 7.42. The molecule has 0 aliphatic rings. The van der Waals surface area contributed by atoms with Crippen molar-refractivity contribution in [2.24, 2.45) is 0 Å². The third kappa shape index (κ3) is 5.81. The van der Waals surface area contributed by atoms with Crippen molar-refractivity contribution in [3.63, 3.8) is 0 Å². The molecule has 1 aromatic heterocycles. The molecule has 1 heterocycles. The van der Waals surface area contributed by atoms with E-state index >= 15 is 0 Å². The highest BCUT2D eigenvalue weighted by Gasteiger charge is 2.12. The van der Waals surface area contributed by atoms with Crippen molar-refractivity contribution < 1.29 is 9.53 Å². The fourth-order valence-electron chi connectivity index (χ4n) is 2.42. The summed E-state index contributed by atoms with van der Waals surface area (Å²) in [5, 5.41) is 5.99. The lowest BCUT2D eigenvalue weighted by Gasteiger charge is -2.20. The lowest BCUT2D eigenvalue weighted by Crippen LogP contribution is -2.27. The number of aromatic nitrogens is 2. The average Bonchev–Trinajstić information content (AvgIpc) is 2.67. The van der Waals surface area contributed by atoms with Crippen LogP contribution in [0.15, 0.2) is 67.0 Å². The van der Waals surface area contributed by atoms with Crippen molar-refractivity contribution in [3.05, 3.63) is 78.1 Å². The van der Waals surface area contributed by atoms with Crippen LogP contribution in [0.25, 0.3) is 0 Å². The topological polar surface area (TPSA) is 76.1 Å². The molecule has 3 rings (SSSR count). The van der Waals surface area contributed by atoms with Crippen LogP contribution in [-0.4, -0.2) is 21.4 Å². The summed E-state index contributed by atoms with van der Waals surface area (Å²) in [6.45, 7) is 6.55. The summed E-state index contributed by atoms with van der Waals surface area (Å²) in [7, 11) is 0. The second-order valence-corrected chi connectivity index (χ2v) is 7.42. The van der Waals surface area contributed by atoms with E-state index in [1.807, 2.05) is 63.2 Å². The fourth-order valence-corrected chi connectivity index (χ4v) is 2.42. The molecule has 28 heavy (non-hydrogen) atoms. The smallest absolute Gasteiger partial charge is 0.258 e. The third-order valence-electron chi connectivity index (χ3n) is 3.76. The Morgan fingerprint density at radius 2 is 1.61 bits per heavy atom. The lowest BCUT2D eigenvalue weighted by molar-refractivity contribution is 0.102. The minimum atomic E-state index is -0.264. The zero-order valence-electron chi connectivity index (χ0n) is 16.3. The summed E-state index contributed by atoms with van der Waals surface area (Å²) in [5.41, 5.74) is 2.02. The molecule has 0 saturated carbocycles. The first-order chi connectivity index (χ1) is 13.4. The van der Waals surface area contributed by atoms with E-state index in [4.69, 9.17) is 4.74 Å². The van der Waals surface area contributed by atoms with Gasteiger partial charge in [0.1, 0.15) is 12.4 Å². The van der Waals surface area contributed by atoms with Gasteiger partial charge in [-0.05, 0) is 50.6 Å². The van der Waals surface area contributed by atoms with Crippen LogP contribution in [0, 0.1) is 0 Å². The van der Waals surface area contributed by atoms with Crippen molar-refractivity contribution in [1.82, 2.24) is 9.97 Å². The maximum Gasteiger partial charge on any atom is 0.258 e. The number of rotatable bonds is 6. The van der Waals surface area contributed by atoms with E-state index in [1.54, 1.807) is 12.1 Å². The molecule has 0 spiro atoms. The molecule has 0 unspecified atom stereocenters. The van der Waals surface area contributed by atoms with Gasteiger partial charge in [-0.15, -0.1) is 0 Å². The largest absolute Gasteiger partial charge is 0.489 e. The van der Waals surface area contributed by atoms with E-state index in [9.17, 15) is 4.79 Å². The Hall–Kier alpha value is -3.41. The molecule has 0 aliphatic carbocycles. The van der Waals surface area contributed by atoms with Crippen LogP contribution >= 0.6 is 0 Å². The van der Waals surface area contributed by atoms with Crippen molar-refractivity contribution in [2.45, 2.75) is 32.9 Å². The third-order valence-corrected chi connectivity index (χ3v) is 3.76. The van der Waals surface area contributed by atoms with E-state index in [1.165, 1.54) is 12.4 Å². The molecule has 0 atom stereocenters. The van der Waals surface area contributed by atoms with Crippen molar-refractivity contribution >= 4 is 17.5 Å². The van der Waals surface area contributed by atoms with Crippen LogP contribution in [0.2, 0.25) is 0 Å². The van der Waals surface area contributed by atoms with Gasteiger partial charge >= 0.3 is 0 Å². The Labute approximate surface area is 165 Å². The van der Waals surface area contributed by atoms with Crippen LogP contribution in [-0.2, 0) is 6.61 Å². The van der Waals surface area contributed by atoms with Gasteiger partial charge in [0, 0.05) is 23.6 Å². The molecular weight excluding hydrogens is 352 g/mol. The number of hydrogen-bond donors (Lipinski definition) is 2. The van der Waals surface area contributed by atoms with E-state index in [0.29, 0.717) is 23.8 Å². The predicted molar refractivity (Wildman–Crippen MR) is 111 cm³/mol. The van der Waals surface area contributed by atoms with Crippen LogP contribution < -0.4 is 15.4 Å². The van der Waals surface area contributed by atoms with E-state index in [2.05, 4.69) is 20.6 Å². The molecule has 0 radical (unpaired) electrons. The van der Waals surface area contributed by atoms with Gasteiger partial charge in [-0.25, -0.2) is 9.97 Å². The molecule has 3 aromatic rings. The molecule has 0 aliphatic heterocycles. The summed E-state index contributed by atoms with van der Waals surface area (Å²) in [4.78, 5) is 20.7. The van der Waals surface area contributed by atoms with E-state index in [-0.39, 0.29) is 11.4 Å². The molecule has 6 nitrogen and oxygen atoms in total. The standard InChI is InChI=1S/C22H24N4O2/c1-22(2,3)26-21-23-13-17(14-24-21)20(27)25-18-9-11-19(12-10-18)28-15-16-7-5-4-6-8-16/h4-14H,15H2,1-3H3,(H,25,27)(H,23,24,26). The van der Waals surface area contributed by atoms with Crippen molar-refractivity contribution in [1.29, 1.82) is 0 Å². The second kappa shape index (κ2) is 8.52. The molecule has 2 N–H and O–H groups in total. The normalized spacial score (nSPS) is 11.0. The highest BCUT2D eigenvalue weighted by Crippen LogP contribution is 2.18. The Morgan fingerprint density at radius 1 is 0.964 bits per heavy atom. The highest BCUT2D eigenvalue weighted by atomic mass is 16.5. The van der Waals surface area contributed by atoms with Gasteiger partial charge in [0.25, 0.3) is 5.91 Å². The summed E-state index contributed by atoms with van der Waals surface area (Å²) in [6.07, 6.45) is 3.02. The maximum atomic E-state index is 12.4. The first kappa shape index (κ1) is 19.4. The molecule has 2 aromatic carbocycles.